The minimum absolute atomic E-state index is 0.0155. The van der Waals surface area contributed by atoms with Crippen molar-refractivity contribution in [3.05, 3.63) is 77.4 Å². The lowest BCUT2D eigenvalue weighted by atomic mass is 10.1. The Morgan fingerprint density at radius 3 is 2.31 bits per heavy atom. The van der Waals surface area contributed by atoms with Gasteiger partial charge in [-0.3, -0.25) is 4.79 Å². The highest BCUT2D eigenvalue weighted by Gasteiger charge is 2.32. The van der Waals surface area contributed by atoms with Gasteiger partial charge in [0.15, 0.2) is 11.5 Å². The lowest BCUT2D eigenvalue weighted by Crippen LogP contribution is -2.35. The monoisotopic (exact) mass is 496 g/mol. The number of hydrogen-bond acceptors (Lipinski definition) is 6. The SMILES string of the molecule is COc1ccc(C(=O)N2c3cc(CNS(=O)(=O)c4ccc(OC)c(OC)c4)ccc3C[C@H]2C)cc1. The maximum absolute atomic E-state index is 13.3. The van der Waals surface area contributed by atoms with Gasteiger partial charge in [0.25, 0.3) is 5.91 Å². The Bertz CT molecular complexity index is 1340. The summed E-state index contributed by atoms with van der Waals surface area (Å²) in [6.45, 7) is 2.07. The molecule has 1 aliphatic heterocycles. The second-order valence-electron chi connectivity index (χ2n) is 8.26. The summed E-state index contributed by atoms with van der Waals surface area (Å²) in [7, 11) is 0.720. The van der Waals surface area contributed by atoms with E-state index >= 15 is 0 Å². The molecule has 1 heterocycles. The van der Waals surface area contributed by atoms with Gasteiger partial charge in [0.1, 0.15) is 5.75 Å². The molecule has 0 saturated carbocycles. The van der Waals surface area contributed by atoms with Gasteiger partial charge < -0.3 is 19.1 Å². The van der Waals surface area contributed by atoms with Gasteiger partial charge in [-0.25, -0.2) is 13.1 Å². The minimum Gasteiger partial charge on any atom is -0.497 e. The maximum atomic E-state index is 13.3. The van der Waals surface area contributed by atoms with Gasteiger partial charge in [-0.2, -0.15) is 0 Å². The van der Waals surface area contributed by atoms with Crippen molar-refractivity contribution in [2.24, 2.45) is 0 Å². The fourth-order valence-electron chi connectivity index (χ4n) is 4.19. The van der Waals surface area contributed by atoms with Crippen LogP contribution in [0, 0.1) is 0 Å². The average molecular weight is 497 g/mol. The van der Waals surface area contributed by atoms with E-state index in [-0.39, 0.29) is 23.4 Å². The molecule has 9 heteroatoms. The van der Waals surface area contributed by atoms with Crippen LogP contribution in [0.5, 0.6) is 17.2 Å². The van der Waals surface area contributed by atoms with E-state index in [4.69, 9.17) is 14.2 Å². The van der Waals surface area contributed by atoms with Crippen LogP contribution in [0.1, 0.15) is 28.4 Å². The second-order valence-corrected chi connectivity index (χ2v) is 10.0. The van der Waals surface area contributed by atoms with E-state index in [0.717, 1.165) is 23.2 Å². The summed E-state index contributed by atoms with van der Waals surface area (Å²) < 4.78 is 44.0. The topological polar surface area (TPSA) is 94.2 Å². The maximum Gasteiger partial charge on any atom is 0.258 e. The predicted octanol–water partition coefficient (Wildman–Crippen LogP) is 3.78. The fourth-order valence-corrected chi connectivity index (χ4v) is 5.22. The first-order chi connectivity index (χ1) is 16.8. The molecule has 0 fully saturated rings. The summed E-state index contributed by atoms with van der Waals surface area (Å²) in [5.74, 6) is 1.35. The lowest BCUT2D eigenvalue weighted by Gasteiger charge is -2.23. The summed E-state index contributed by atoms with van der Waals surface area (Å²) in [5.41, 5.74) is 3.14. The molecule has 3 aromatic rings. The zero-order valence-electron chi connectivity index (χ0n) is 20.1. The molecule has 1 N–H and O–H groups in total. The van der Waals surface area contributed by atoms with E-state index in [1.165, 1.54) is 26.4 Å². The Labute approximate surface area is 205 Å². The van der Waals surface area contributed by atoms with Crippen LogP contribution in [0.25, 0.3) is 0 Å². The molecule has 1 aliphatic rings. The molecule has 4 rings (SSSR count). The molecule has 35 heavy (non-hydrogen) atoms. The first kappa shape index (κ1) is 24.6. The highest BCUT2D eigenvalue weighted by molar-refractivity contribution is 7.89. The Morgan fingerprint density at radius 1 is 0.943 bits per heavy atom. The molecule has 0 aromatic heterocycles. The third-order valence-corrected chi connectivity index (χ3v) is 7.45. The van der Waals surface area contributed by atoms with Crippen molar-refractivity contribution in [1.29, 1.82) is 0 Å². The van der Waals surface area contributed by atoms with Crippen LogP contribution in [0.2, 0.25) is 0 Å². The Balaban J connectivity index is 1.54. The zero-order chi connectivity index (χ0) is 25.2. The molecular weight excluding hydrogens is 468 g/mol. The van der Waals surface area contributed by atoms with E-state index in [1.807, 2.05) is 25.1 Å². The number of rotatable bonds is 8. The number of carbonyl (C=O) groups excluding carboxylic acids is 1. The van der Waals surface area contributed by atoms with E-state index in [0.29, 0.717) is 22.8 Å². The van der Waals surface area contributed by atoms with Gasteiger partial charge in [0.2, 0.25) is 10.0 Å². The molecule has 1 amide bonds. The molecule has 3 aromatic carbocycles. The van der Waals surface area contributed by atoms with Gasteiger partial charge >= 0.3 is 0 Å². The number of nitrogens with zero attached hydrogens (tertiary/aromatic N) is 1. The molecule has 1 atom stereocenters. The van der Waals surface area contributed by atoms with Gasteiger partial charge in [-0.05, 0) is 66.9 Å². The summed E-state index contributed by atoms with van der Waals surface area (Å²) in [6.07, 6.45) is 0.731. The van der Waals surface area contributed by atoms with Gasteiger partial charge in [-0.15, -0.1) is 0 Å². The smallest absolute Gasteiger partial charge is 0.258 e. The van der Waals surface area contributed by atoms with Gasteiger partial charge in [0.05, 0.1) is 26.2 Å². The quantitative estimate of drug-likeness (QED) is 0.510. The molecule has 0 spiro atoms. The van der Waals surface area contributed by atoms with Crippen molar-refractivity contribution < 1.29 is 27.4 Å². The molecule has 8 nitrogen and oxygen atoms in total. The van der Waals surface area contributed by atoms with Crippen LogP contribution in [-0.2, 0) is 23.0 Å². The number of fused-ring (bicyclic) bond motifs is 1. The molecule has 0 bridgehead atoms. The van der Waals surface area contributed by atoms with Crippen molar-refractivity contribution in [2.45, 2.75) is 30.8 Å². The fraction of sp³-hybridized carbons (Fsp3) is 0.269. The van der Waals surface area contributed by atoms with Gasteiger partial charge in [-0.1, -0.05) is 12.1 Å². The van der Waals surface area contributed by atoms with E-state index in [2.05, 4.69) is 4.72 Å². The number of ether oxygens (including phenoxy) is 3. The standard InChI is InChI=1S/C26H28N2O6S/c1-17-13-20-6-5-18(14-23(20)28(17)26(29)19-7-9-21(32-2)10-8-19)16-27-35(30,31)22-11-12-24(33-3)25(15-22)34-4/h5-12,14-15,17,27H,13,16H2,1-4H3/t17-/m1/s1. The highest BCUT2D eigenvalue weighted by atomic mass is 32.2. The average Bonchev–Trinajstić information content (AvgIpc) is 3.21. The summed E-state index contributed by atoms with van der Waals surface area (Å²) in [6, 6.07) is 17.1. The predicted molar refractivity (Wildman–Crippen MR) is 133 cm³/mol. The third kappa shape index (κ3) is 4.96. The number of sulfonamides is 1. The summed E-state index contributed by atoms with van der Waals surface area (Å²) in [5, 5.41) is 0. The number of carbonyl (C=O) groups is 1. The normalized spacial score (nSPS) is 15.0. The van der Waals surface area contributed by atoms with Crippen LogP contribution < -0.4 is 23.8 Å². The van der Waals surface area contributed by atoms with Crippen molar-refractivity contribution in [1.82, 2.24) is 4.72 Å². The Kier molecular flexibility index (Phi) is 7.00. The number of nitrogens with one attached hydrogen (secondary N) is 1. The van der Waals surface area contributed by atoms with Gasteiger partial charge in [0, 0.05) is 29.9 Å². The highest BCUT2D eigenvalue weighted by Crippen LogP contribution is 2.35. The number of methoxy groups -OCH3 is 3. The number of benzene rings is 3. The molecule has 0 saturated heterocycles. The van der Waals surface area contributed by atoms with Crippen molar-refractivity contribution in [3.63, 3.8) is 0 Å². The number of anilines is 1. The van der Waals surface area contributed by atoms with Crippen molar-refractivity contribution >= 4 is 21.6 Å². The molecule has 0 aliphatic carbocycles. The first-order valence-corrected chi connectivity index (χ1v) is 12.6. The van der Waals surface area contributed by atoms with E-state index in [9.17, 15) is 13.2 Å². The molecular formula is C26H28N2O6S. The van der Waals surface area contributed by atoms with Crippen LogP contribution in [0.3, 0.4) is 0 Å². The van der Waals surface area contributed by atoms with Crippen LogP contribution in [0.4, 0.5) is 5.69 Å². The van der Waals surface area contributed by atoms with Crippen molar-refractivity contribution in [3.8, 4) is 17.2 Å². The third-order valence-electron chi connectivity index (χ3n) is 6.05. The number of amides is 1. The largest absolute Gasteiger partial charge is 0.497 e. The van der Waals surface area contributed by atoms with Crippen molar-refractivity contribution in [2.75, 3.05) is 26.2 Å². The number of hydrogen-bond donors (Lipinski definition) is 1. The summed E-state index contributed by atoms with van der Waals surface area (Å²) >= 11 is 0. The Morgan fingerprint density at radius 2 is 1.66 bits per heavy atom. The van der Waals surface area contributed by atoms with Crippen LogP contribution >= 0.6 is 0 Å². The summed E-state index contributed by atoms with van der Waals surface area (Å²) in [4.78, 5) is 15.1. The van der Waals surface area contributed by atoms with Crippen LogP contribution in [0.15, 0.2) is 65.6 Å². The van der Waals surface area contributed by atoms with E-state index < -0.39 is 10.0 Å². The molecule has 184 valence electrons. The van der Waals surface area contributed by atoms with Crippen LogP contribution in [-0.4, -0.2) is 41.7 Å². The first-order valence-electron chi connectivity index (χ1n) is 11.1. The second kappa shape index (κ2) is 9.97. The van der Waals surface area contributed by atoms with E-state index in [1.54, 1.807) is 42.3 Å². The minimum atomic E-state index is -3.80. The molecule has 0 radical (unpaired) electrons. The zero-order valence-corrected chi connectivity index (χ0v) is 20.9. The molecule has 0 unspecified atom stereocenters. The Hall–Kier alpha value is -3.56. The lowest BCUT2D eigenvalue weighted by molar-refractivity contribution is 0.0981.